The second kappa shape index (κ2) is 7.69. The molecule has 2 aromatic rings. The van der Waals surface area contributed by atoms with E-state index in [0.29, 0.717) is 17.5 Å². The maximum Gasteiger partial charge on any atom is 0.407 e. The highest BCUT2D eigenvalue weighted by Crippen LogP contribution is 2.41. The number of ether oxygens (including phenoxy) is 1. The Morgan fingerprint density at radius 1 is 1.28 bits per heavy atom. The molecule has 2 atom stereocenters. The number of hydrogen-bond donors (Lipinski definition) is 3. The maximum absolute atomic E-state index is 15.2. The molecule has 1 fully saturated rings. The highest BCUT2D eigenvalue weighted by atomic mass is 19.1. The van der Waals surface area contributed by atoms with Gasteiger partial charge in [0.05, 0.1) is 11.1 Å². The van der Waals surface area contributed by atoms with E-state index in [2.05, 4.69) is 10.3 Å². The molecule has 1 heterocycles. The van der Waals surface area contributed by atoms with Crippen molar-refractivity contribution in [3.63, 3.8) is 0 Å². The molecule has 1 saturated carbocycles. The molecule has 3 rings (SSSR count). The van der Waals surface area contributed by atoms with Gasteiger partial charge in [-0.25, -0.2) is 9.18 Å². The number of amides is 2. The third-order valence-electron chi connectivity index (χ3n) is 5.64. The van der Waals surface area contributed by atoms with E-state index in [1.807, 2.05) is 34.6 Å². The smallest absolute Gasteiger partial charge is 0.407 e. The van der Waals surface area contributed by atoms with Crippen LogP contribution in [0.3, 0.4) is 0 Å². The number of hydrogen-bond acceptors (Lipinski definition) is 3. The van der Waals surface area contributed by atoms with Crippen molar-refractivity contribution in [1.82, 2.24) is 10.3 Å². The minimum atomic E-state index is -0.658. The van der Waals surface area contributed by atoms with Crippen LogP contribution in [0.15, 0.2) is 6.07 Å². The molecule has 0 spiro atoms. The fraction of sp³-hybridized carbons (Fsp3) is 0.545. The van der Waals surface area contributed by atoms with Gasteiger partial charge in [0.2, 0.25) is 0 Å². The van der Waals surface area contributed by atoms with E-state index in [-0.39, 0.29) is 17.5 Å². The van der Waals surface area contributed by atoms with E-state index in [4.69, 9.17) is 10.5 Å². The number of alkyl carbamates (subject to hydrolysis) is 1. The van der Waals surface area contributed by atoms with Gasteiger partial charge in [-0.1, -0.05) is 6.42 Å². The Labute approximate surface area is 170 Å². The van der Waals surface area contributed by atoms with E-state index in [9.17, 15) is 9.59 Å². The van der Waals surface area contributed by atoms with Crippen LogP contribution in [0.2, 0.25) is 0 Å². The summed E-state index contributed by atoms with van der Waals surface area (Å²) in [4.78, 5) is 27.2. The average Bonchev–Trinajstić information content (AvgIpc) is 2.88. The van der Waals surface area contributed by atoms with Crippen LogP contribution < -0.4 is 11.1 Å². The monoisotopic (exact) mass is 403 g/mol. The minimum absolute atomic E-state index is 0.0676. The second-order valence-electron chi connectivity index (χ2n) is 9.02. The standard InChI is InChI=1S/C22H30FN3O3/c1-11-12(2)25-19-15(20(24)27)10-16(23)18(17(11)19)13-7-6-8-14(9-13)26-21(28)29-22(3,4)5/h10,13-14,25H,6-9H2,1-5H3,(H2,24,27)(H,26,28). The van der Waals surface area contributed by atoms with E-state index in [0.717, 1.165) is 35.9 Å². The average molecular weight is 403 g/mol. The van der Waals surface area contributed by atoms with Gasteiger partial charge in [0.25, 0.3) is 5.91 Å². The Morgan fingerprint density at radius 2 is 1.97 bits per heavy atom. The van der Waals surface area contributed by atoms with Crippen LogP contribution in [0.1, 0.15) is 79.6 Å². The molecule has 0 bridgehead atoms. The molecule has 4 N–H and O–H groups in total. The summed E-state index contributed by atoms with van der Waals surface area (Å²) in [7, 11) is 0. The van der Waals surface area contributed by atoms with Crippen LogP contribution in [0.5, 0.6) is 0 Å². The van der Waals surface area contributed by atoms with Gasteiger partial charge in [-0.05, 0) is 71.4 Å². The number of fused-ring (bicyclic) bond motifs is 1. The quantitative estimate of drug-likeness (QED) is 0.700. The summed E-state index contributed by atoms with van der Waals surface area (Å²) in [6.45, 7) is 9.27. The molecule has 1 aliphatic rings. The predicted molar refractivity (Wildman–Crippen MR) is 111 cm³/mol. The fourth-order valence-corrected chi connectivity index (χ4v) is 4.30. The molecule has 2 unspecified atom stereocenters. The van der Waals surface area contributed by atoms with Crippen molar-refractivity contribution in [3.05, 3.63) is 34.3 Å². The molecule has 0 aliphatic heterocycles. The van der Waals surface area contributed by atoms with Crippen LogP contribution in [-0.4, -0.2) is 28.6 Å². The Morgan fingerprint density at radius 3 is 2.59 bits per heavy atom. The number of H-pyrrole nitrogens is 1. The van der Waals surface area contributed by atoms with E-state index in [1.165, 1.54) is 6.07 Å². The molecular formula is C22H30FN3O3. The molecular weight excluding hydrogens is 373 g/mol. The first kappa shape index (κ1) is 21.1. The Hall–Kier alpha value is -2.57. The lowest BCUT2D eigenvalue weighted by molar-refractivity contribution is 0.0490. The molecule has 0 saturated heterocycles. The topological polar surface area (TPSA) is 97.2 Å². The number of aromatic nitrogens is 1. The Bertz CT molecular complexity index is 959. The predicted octanol–water partition coefficient (Wildman–Crippen LogP) is 4.57. The number of benzene rings is 1. The van der Waals surface area contributed by atoms with Gasteiger partial charge >= 0.3 is 6.09 Å². The van der Waals surface area contributed by atoms with Crippen molar-refractivity contribution >= 4 is 22.9 Å². The summed E-state index contributed by atoms with van der Waals surface area (Å²) >= 11 is 0. The molecule has 0 radical (unpaired) electrons. The Kier molecular flexibility index (Phi) is 5.61. The summed E-state index contributed by atoms with van der Waals surface area (Å²) in [6, 6.07) is 1.15. The SMILES string of the molecule is Cc1[nH]c2c(C(N)=O)cc(F)c(C3CCCC(NC(=O)OC(C)(C)C)C3)c2c1C. The molecule has 1 aromatic heterocycles. The summed E-state index contributed by atoms with van der Waals surface area (Å²) < 4.78 is 20.6. The van der Waals surface area contributed by atoms with E-state index >= 15 is 4.39 Å². The molecule has 7 heteroatoms. The molecule has 1 aliphatic carbocycles. The highest BCUT2D eigenvalue weighted by Gasteiger charge is 2.31. The van der Waals surface area contributed by atoms with Crippen molar-refractivity contribution in [2.45, 2.75) is 77.9 Å². The number of aromatic amines is 1. The van der Waals surface area contributed by atoms with Crippen molar-refractivity contribution < 1.29 is 18.7 Å². The molecule has 6 nitrogen and oxygen atoms in total. The molecule has 158 valence electrons. The van der Waals surface area contributed by atoms with E-state index < -0.39 is 23.4 Å². The van der Waals surface area contributed by atoms with Crippen LogP contribution >= 0.6 is 0 Å². The van der Waals surface area contributed by atoms with Crippen molar-refractivity contribution in [1.29, 1.82) is 0 Å². The second-order valence-corrected chi connectivity index (χ2v) is 9.02. The number of aryl methyl sites for hydroxylation is 2. The zero-order valence-corrected chi connectivity index (χ0v) is 17.7. The number of nitrogens with one attached hydrogen (secondary N) is 2. The number of rotatable bonds is 3. The van der Waals surface area contributed by atoms with Crippen LogP contribution in [0.25, 0.3) is 10.9 Å². The molecule has 1 aromatic carbocycles. The third kappa shape index (κ3) is 4.38. The Balaban J connectivity index is 1.94. The highest BCUT2D eigenvalue weighted by molar-refractivity contribution is 6.07. The lowest BCUT2D eigenvalue weighted by Crippen LogP contribution is -2.41. The summed E-state index contributed by atoms with van der Waals surface area (Å²) in [5.74, 6) is -1.15. The maximum atomic E-state index is 15.2. The molecule has 29 heavy (non-hydrogen) atoms. The lowest BCUT2D eigenvalue weighted by atomic mass is 9.79. The largest absolute Gasteiger partial charge is 0.444 e. The zero-order valence-electron chi connectivity index (χ0n) is 17.7. The number of nitrogens with two attached hydrogens (primary N) is 1. The van der Waals surface area contributed by atoms with Crippen molar-refractivity contribution in [2.24, 2.45) is 5.73 Å². The number of primary amides is 1. The first-order valence-corrected chi connectivity index (χ1v) is 10.1. The third-order valence-corrected chi connectivity index (χ3v) is 5.64. The van der Waals surface area contributed by atoms with Crippen LogP contribution in [0.4, 0.5) is 9.18 Å². The van der Waals surface area contributed by atoms with E-state index in [1.54, 1.807) is 0 Å². The van der Waals surface area contributed by atoms with Crippen LogP contribution in [0, 0.1) is 19.7 Å². The molecule has 2 amide bonds. The van der Waals surface area contributed by atoms with Gasteiger partial charge in [0.15, 0.2) is 0 Å². The van der Waals surface area contributed by atoms with Gasteiger partial charge in [-0.3, -0.25) is 4.79 Å². The summed E-state index contributed by atoms with van der Waals surface area (Å²) in [5, 5.41) is 3.66. The first-order chi connectivity index (χ1) is 13.5. The van der Waals surface area contributed by atoms with Crippen LogP contribution in [-0.2, 0) is 4.74 Å². The minimum Gasteiger partial charge on any atom is -0.444 e. The normalized spacial score (nSPS) is 19.9. The van der Waals surface area contributed by atoms with Gasteiger partial charge in [-0.15, -0.1) is 0 Å². The number of halogens is 1. The van der Waals surface area contributed by atoms with Gasteiger partial charge in [0.1, 0.15) is 11.4 Å². The summed E-state index contributed by atoms with van der Waals surface area (Å²) in [5.41, 5.74) is 8.06. The number of carbonyl (C=O) groups is 2. The van der Waals surface area contributed by atoms with Gasteiger partial charge in [-0.2, -0.15) is 0 Å². The summed E-state index contributed by atoms with van der Waals surface area (Å²) in [6.07, 6.45) is 2.67. The number of carbonyl (C=O) groups excluding carboxylic acids is 2. The van der Waals surface area contributed by atoms with Gasteiger partial charge < -0.3 is 20.8 Å². The zero-order chi connectivity index (χ0) is 21.5. The van der Waals surface area contributed by atoms with Gasteiger partial charge in [0, 0.05) is 22.7 Å². The first-order valence-electron chi connectivity index (χ1n) is 10.1. The fourth-order valence-electron chi connectivity index (χ4n) is 4.30. The van der Waals surface area contributed by atoms with Crippen molar-refractivity contribution in [2.75, 3.05) is 0 Å². The van der Waals surface area contributed by atoms with Crippen molar-refractivity contribution in [3.8, 4) is 0 Å². The lowest BCUT2D eigenvalue weighted by Gasteiger charge is -2.31.